The summed E-state index contributed by atoms with van der Waals surface area (Å²) in [4.78, 5) is 6.64. The van der Waals surface area contributed by atoms with Crippen molar-refractivity contribution in [2.45, 2.75) is 18.0 Å². The molecule has 27 heavy (non-hydrogen) atoms. The quantitative estimate of drug-likeness (QED) is 0.534. The van der Waals surface area contributed by atoms with Crippen LogP contribution >= 0.6 is 0 Å². The van der Waals surface area contributed by atoms with Crippen molar-refractivity contribution >= 4 is 10.1 Å². The Balaban J connectivity index is 2.19. The first-order valence-corrected chi connectivity index (χ1v) is 8.65. The van der Waals surface area contributed by atoms with Gasteiger partial charge in [-0.3, -0.25) is 4.55 Å². The molecule has 2 heterocycles. The van der Waals surface area contributed by atoms with Crippen molar-refractivity contribution in [2.24, 2.45) is 0 Å². The maximum Gasteiger partial charge on any atom is 0.453 e. The lowest BCUT2D eigenvalue weighted by molar-refractivity contribution is -0.144. The van der Waals surface area contributed by atoms with E-state index in [2.05, 4.69) is 15.1 Å². The molecule has 7 nitrogen and oxygen atoms in total. The van der Waals surface area contributed by atoms with Gasteiger partial charge in [-0.2, -0.15) is 26.3 Å². The van der Waals surface area contributed by atoms with Gasteiger partial charge in [0.05, 0.1) is 6.20 Å². The van der Waals surface area contributed by atoms with Gasteiger partial charge in [-0.1, -0.05) is 0 Å². The molecule has 0 saturated carbocycles. The van der Waals surface area contributed by atoms with E-state index >= 15 is 0 Å². The molecule has 0 fully saturated rings. The summed E-state index contributed by atoms with van der Waals surface area (Å²) in [6.45, 7) is 1.43. The molecule has 0 saturated heterocycles. The van der Waals surface area contributed by atoms with Crippen LogP contribution in [0.25, 0.3) is 17.2 Å². The van der Waals surface area contributed by atoms with Crippen LogP contribution in [0.1, 0.15) is 11.4 Å². The summed E-state index contributed by atoms with van der Waals surface area (Å²) in [6, 6.07) is 5.61. The number of hydrogen-bond acceptors (Lipinski definition) is 5. The zero-order chi connectivity index (χ0) is 20.0. The summed E-state index contributed by atoms with van der Waals surface area (Å²) in [5.74, 6) is -2.43. The maximum atomic E-state index is 13.5. The Hall–Kier alpha value is -2.86. The highest BCUT2D eigenvalue weighted by molar-refractivity contribution is 7.85. The molecule has 0 aliphatic carbocycles. The van der Waals surface area contributed by atoms with Gasteiger partial charge in [0.15, 0.2) is 11.6 Å². The average Bonchev–Trinajstić information content (AvgIpc) is 3.02. The van der Waals surface area contributed by atoms with E-state index in [4.69, 9.17) is 4.55 Å². The summed E-state index contributed by atoms with van der Waals surface area (Å²) in [5, 5.41) is 3.38. The molecular formula is C15H10F4N4O3S. The second-order valence-corrected chi connectivity index (χ2v) is 6.88. The van der Waals surface area contributed by atoms with Crippen LogP contribution in [0.4, 0.5) is 17.6 Å². The summed E-state index contributed by atoms with van der Waals surface area (Å²) < 4.78 is 84.5. The van der Waals surface area contributed by atoms with E-state index in [0.29, 0.717) is 0 Å². The standard InChI is InChI=1S/C15H10F4N4O3S/c1-8-6-9(2-4-11(8)16)13-21-14(15(17,18)19)22-23(13)12-5-3-10(7-20-12)27(24,25)26/h2-7H,1H3,(H,24,25,26). The van der Waals surface area contributed by atoms with E-state index in [1.807, 2.05) is 0 Å². The SMILES string of the molecule is Cc1cc(-c2nc(C(F)(F)F)nn2-c2ccc(S(=O)(=O)O)cn2)ccc1F. The second-order valence-electron chi connectivity index (χ2n) is 5.46. The Bertz CT molecular complexity index is 1110. The Labute approximate surface area is 150 Å². The van der Waals surface area contributed by atoms with Crippen molar-refractivity contribution in [3.63, 3.8) is 0 Å². The predicted octanol–water partition coefficient (Wildman–Crippen LogP) is 3.04. The maximum absolute atomic E-state index is 13.5. The molecule has 1 aromatic carbocycles. The highest BCUT2D eigenvalue weighted by Gasteiger charge is 2.37. The van der Waals surface area contributed by atoms with Gasteiger partial charge >= 0.3 is 6.18 Å². The van der Waals surface area contributed by atoms with Gasteiger partial charge < -0.3 is 0 Å². The Kier molecular flexibility index (Phi) is 4.48. The monoisotopic (exact) mass is 402 g/mol. The molecular weight excluding hydrogens is 392 g/mol. The first-order chi connectivity index (χ1) is 12.5. The van der Waals surface area contributed by atoms with Gasteiger partial charge in [0.2, 0.25) is 0 Å². The summed E-state index contributed by atoms with van der Waals surface area (Å²) in [7, 11) is -4.52. The van der Waals surface area contributed by atoms with Gasteiger partial charge in [-0.25, -0.2) is 14.4 Å². The number of pyridine rings is 1. The molecule has 0 aliphatic rings. The molecule has 0 aliphatic heterocycles. The third-order valence-electron chi connectivity index (χ3n) is 3.51. The lowest BCUT2D eigenvalue weighted by Crippen LogP contribution is -2.09. The zero-order valence-corrected chi connectivity index (χ0v) is 14.3. The van der Waals surface area contributed by atoms with Crippen molar-refractivity contribution in [3.8, 4) is 17.2 Å². The van der Waals surface area contributed by atoms with Crippen LogP contribution in [0.5, 0.6) is 0 Å². The molecule has 142 valence electrons. The van der Waals surface area contributed by atoms with E-state index < -0.39 is 32.8 Å². The molecule has 0 bridgehead atoms. The van der Waals surface area contributed by atoms with Gasteiger partial charge in [0, 0.05) is 5.56 Å². The highest BCUT2D eigenvalue weighted by atomic mass is 32.2. The third-order valence-corrected chi connectivity index (χ3v) is 4.35. The Morgan fingerprint density at radius 3 is 2.37 bits per heavy atom. The molecule has 0 amide bonds. The summed E-state index contributed by atoms with van der Waals surface area (Å²) in [6.07, 6.45) is -4.08. The topological polar surface area (TPSA) is 98.0 Å². The highest BCUT2D eigenvalue weighted by Crippen LogP contribution is 2.30. The fraction of sp³-hybridized carbons (Fsp3) is 0.133. The third kappa shape index (κ3) is 3.80. The minimum Gasteiger partial charge on any atom is -0.282 e. The lowest BCUT2D eigenvalue weighted by atomic mass is 10.1. The number of benzene rings is 1. The van der Waals surface area contributed by atoms with Crippen LogP contribution in [0.2, 0.25) is 0 Å². The Morgan fingerprint density at radius 2 is 1.85 bits per heavy atom. The minimum atomic E-state index is -4.84. The molecule has 3 rings (SSSR count). The van der Waals surface area contributed by atoms with Crippen LogP contribution in [0.3, 0.4) is 0 Å². The number of alkyl halides is 3. The largest absolute Gasteiger partial charge is 0.453 e. The molecule has 0 spiro atoms. The van der Waals surface area contributed by atoms with Gasteiger partial charge in [-0.15, -0.1) is 5.10 Å². The smallest absolute Gasteiger partial charge is 0.282 e. The number of halogens is 4. The van der Waals surface area contributed by atoms with Crippen LogP contribution < -0.4 is 0 Å². The first-order valence-electron chi connectivity index (χ1n) is 7.21. The molecule has 3 aromatic rings. The fourth-order valence-electron chi connectivity index (χ4n) is 2.21. The Morgan fingerprint density at radius 1 is 1.15 bits per heavy atom. The first kappa shape index (κ1) is 18.9. The molecule has 0 unspecified atom stereocenters. The van der Waals surface area contributed by atoms with Crippen LogP contribution in [0.15, 0.2) is 41.4 Å². The fourth-order valence-corrected chi connectivity index (χ4v) is 2.64. The van der Waals surface area contributed by atoms with Crippen molar-refractivity contribution < 1.29 is 30.5 Å². The van der Waals surface area contributed by atoms with Crippen LogP contribution in [-0.4, -0.2) is 32.7 Å². The van der Waals surface area contributed by atoms with Crippen molar-refractivity contribution in [1.29, 1.82) is 0 Å². The van der Waals surface area contributed by atoms with E-state index in [1.165, 1.54) is 19.1 Å². The number of aromatic nitrogens is 4. The number of nitrogens with zero attached hydrogens (tertiary/aromatic N) is 4. The average molecular weight is 402 g/mol. The lowest BCUT2D eigenvalue weighted by Gasteiger charge is -2.06. The van der Waals surface area contributed by atoms with Gasteiger partial charge in [0.25, 0.3) is 15.9 Å². The summed E-state index contributed by atoms with van der Waals surface area (Å²) in [5.41, 5.74) is 0.336. The zero-order valence-electron chi connectivity index (χ0n) is 13.4. The predicted molar refractivity (Wildman–Crippen MR) is 84.1 cm³/mol. The van der Waals surface area contributed by atoms with E-state index in [1.54, 1.807) is 0 Å². The molecule has 0 atom stereocenters. The van der Waals surface area contributed by atoms with E-state index in [-0.39, 0.29) is 22.8 Å². The van der Waals surface area contributed by atoms with Crippen molar-refractivity contribution in [1.82, 2.24) is 19.7 Å². The molecule has 0 radical (unpaired) electrons. The van der Waals surface area contributed by atoms with Crippen LogP contribution in [0, 0.1) is 12.7 Å². The second kappa shape index (κ2) is 6.39. The molecule has 12 heteroatoms. The normalized spacial score (nSPS) is 12.4. The summed E-state index contributed by atoms with van der Waals surface area (Å²) >= 11 is 0. The van der Waals surface area contributed by atoms with Gasteiger partial charge in [-0.05, 0) is 42.8 Å². The van der Waals surface area contributed by atoms with Crippen molar-refractivity contribution in [2.75, 3.05) is 0 Å². The number of hydrogen-bond donors (Lipinski definition) is 1. The number of aryl methyl sites for hydroxylation is 1. The minimum absolute atomic E-state index is 0.151. The molecule has 1 N–H and O–H groups in total. The van der Waals surface area contributed by atoms with Crippen molar-refractivity contribution in [3.05, 3.63) is 53.7 Å². The number of rotatable bonds is 3. The molecule has 2 aromatic heterocycles. The van der Waals surface area contributed by atoms with E-state index in [0.717, 1.165) is 29.1 Å². The van der Waals surface area contributed by atoms with E-state index in [9.17, 15) is 26.0 Å². The van der Waals surface area contributed by atoms with Gasteiger partial charge in [0.1, 0.15) is 10.7 Å². The van der Waals surface area contributed by atoms with Crippen LogP contribution in [-0.2, 0) is 16.3 Å².